The van der Waals surface area contributed by atoms with Crippen LogP contribution in [0.1, 0.15) is 6.92 Å². The molecule has 0 aromatic heterocycles. The lowest BCUT2D eigenvalue weighted by Gasteiger charge is -2.25. The molecule has 2 N–H and O–H groups in total. The van der Waals surface area contributed by atoms with Crippen molar-refractivity contribution in [2.75, 3.05) is 66.2 Å². The number of methoxy groups -OCH3 is 1. The lowest BCUT2D eigenvalue weighted by Crippen LogP contribution is -2.41. The Morgan fingerprint density at radius 2 is 2.00 bits per heavy atom. The summed E-state index contributed by atoms with van der Waals surface area (Å²) in [6, 6.07) is 7.61. The van der Waals surface area contributed by atoms with Crippen LogP contribution >= 0.6 is 24.0 Å². The van der Waals surface area contributed by atoms with Crippen molar-refractivity contribution in [3.05, 3.63) is 24.3 Å². The quantitative estimate of drug-likeness (QED) is 0.243. The second kappa shape index (κ2) is 13.9. The molecule has 2 rings (SSSR count). The molecule has 1 saturated heterocycles. The van der Waals surface area contributed by atoms with Gasteiger partial charge in [0.15, 0.2) is 5.96 Å². The van der Waals surface area contributed by atoms with Gasteiger partial charge in [-0.05, 0) is 19.1 Å². The van der Waals surface area contributed by atoms with E-state index in [-0.39, 0.29) is 24.0 Å². The molecule has 26 heavy (non-hydrogen) atoms. The fourth-order valence-electron chi connectivity index (χ4n) is 2.50. The molecule has 1 fully saturated rings. The van der Waals surface area contributed by atoms with Gasteiger partial charge in [0.05, 0.1) is 33.4 Å². The Hall–Kier alpha value is -1.26. The third-order valence-electron chi connectivity index (χ3n) is 3.84. The molecule has 0 aliphatic carbocycles. The zero-order valence-corrected chi connectivity index (χ0v) is 18.0. The first-order chi connectivity index (χ1) is 12.3. The Morgan fingerprint density at radius 3 is 2.73 bits per heavy atom. The van der Waals surface area contributed by atoms with E-state index in [0.29, 0.717) is 13.2 Å². The normalized spacial score (nSPS) is 15.1. The SMILES string of the molecule is CCNC(=NCCN1CCOCC1)NCCOc1cccc(OC)c1.I. The largest absolute Gasteiger partial charge is 0.497 e. The summed E-state index contributed by atoms with van der Waals surface area (Å²) < 4.78 is 16.3. The standard InChI is InChI=1S/C18H30N4O3.HI/c1-3-19-18(20-7-9-22-10-13-24-14-11-22)21-8-12-25-17-6-4-5-16(15-17)23-2;/h4-6,15H,3,7-14H2,1-2H3,(H2,19,20,21);1H. The molecule has 148 valence electrons. The van der Waals surface area contributed by atoms with E-state index in [2.05, 4.69) is 27.4 Å². The predicted octanol–water partition coefficient (Wildman–Crippen LogP) is 1.58. The monoisotopic (exact) mass is 478 g/mol. The van der Waals surface area contributed by atoms with Crippen LogP contribution < -0.4 is 20.1 Å². The van der Waals surface area contributed by atoms with E-state index in [1.165, 1.54) is 0 Å². The molecule has 0 bridgehead atoms. The summed E-state index contributed by atoms with van der Waals surface area (Å²) >= 11 is 0. The first-order valence-corrected chi connectivity index (χ1v) is 8.91. The molecule has 0 atom stereocenters. The number of aliphatic imine (C=N–C) groups is 1. The lowest BCUT2D eigenvalue weighted by molar-refractivity contribution is 0.0394. The fourth-order valence-corrected chi connectivity index (χ4v) is 2.50. The van der Waals surface area contributed by atoms with Crippen LogP contribution in [-0.4, -0.2) is 77.1 Å². The number of ether oxygens (including phenoxy) is 3. The van der Waals surface area contributed by atoms with Crippen molar-refractivity contribution in [3.8, 4) is 11.5 Å². The maximum absolute atomic E-state index is 5.73. The Balaban J connectivity index is 0.00000338. The number of hydrogen-bond acceptors (Lipinski definition) is 5. The number of halogens is 1. The number of morpholine rings is 1. The van der Waals surface area contributed by atoms with Gasteiger partial charge in [-0.25, -0.2) is 0 Å². The third kappa shape index (κ3) is 8.91. The molecular weight excluding hydrogens is 447 g/mol. The van der Waals surface area contributed by atoms with Crippen molar-refractivity contribution in [1.82, 2.24) is 15.5 Å². The maximum Gasteiger partial charge on any atom is 0.191 e. The fraction of sp³-hybridized carbons (Fsp3) is 0.611. The maximum atomic E-state index is 5.73. The molecule has 0 spiro atoms. The van der Waals surface area contributed by atoms with E-state index in [9.17, 15) is 0 Å². The highest BCUT2D eigenvalue weighted by Crippen LogP contribution is 2.18. The van der Waals surface area contributed by atoms with Crippen molar-refractivity contribution >= 4 is 29.9 Å². The molecule has 0 unspecified atom stereocenters. The topological polar surface area (TPSA) is 67.4 Å². The van der Waals surface area contributed by atoms with Crippen molar-refractivity contribution < 1.29 is 14.2 Å². The van der Waals surface area contributed by atoms with Crippen LogP contribution in [0.2, 0.25) is 0 Å². The van der Waals surface area contributed by atoms with Gasteiger partial charge in [0, 0.05) is 32.2 Å². The second-order valence-electron chi connectivity index (χ2n) is 5.67. The highest BCUT2D eigenvalue weighted by molar-refractivity contribution is 14.0. The molecule has 1 aromatic rings. The Kier molecular flexibility index (Phi) is 12.2. The minimum absolute atomic E-state index is 0. The van der Waals surface area contributed by atoms with Crippen LogP contribution in [0.5, 0.6) is 11.5 Å². The van der Waals surface area contributed by atoms with Gasteiger partial charge in [0.25, 0.3) is 0 Å². The smallest absolute Gasteiger partial charge is 0.191 e. The van der Waals surface area contributed by atoms with Gasteiger partial charge in [-0.15, -0.1) is 24.0 Å². The lowest BCUT2D eigenvalue weighted by atomic mass is 10.3. The van der Waals surface area contributed by atoms with Gasteiger partial charge in [0.2, 0.25) is 0 Å². The summed E-state index contributed by atoms with van der Waals surface area (Å²) in [5.41, 5.74) is 0. The number of rotatable bonds is 9. The molecular formula is C18H31IN4O3. The minimum atomic E-state index is 0. The van der Waals surface area contributed by atoms with Gasteiger partial charge in [0.1, 0.15) is 18.1 Å². The van der Waals surface area contributed by atoms with E-state index in [1.807, 2.05) is 24.3 Å². The summed E-state index contributed by atoms with van der Waals surface area (Å²) in [7, 11) is 1.65. The van der Waals surface area contributed by atoms with E-state index < -0.39 is 0 Å². The molecule has 0 radical (unpaired) electrons. The summed E-state index contributed by atoms with van der Waals surface area (Å²) in [5, 5.41) is 6.55. The van der Waals surface area contributed by atoms with Gasteiger partial charge >= 0.3 is 0 Å². The van der Waals surface area contributed by atoms with Crippen molar-refractivity contribution in [3.63, 3.8) is 0 Å². The summed E-state index contributed by atoms with van der Waals surface area (Å²) in [5.74, 6) is 2.42. The molecule has 8 heteroatoms. The molecule has 1 heterocycles. The number of hydrogen-bond donors (Lipinski definition) is 2. The first kappa shape index (κ1) is 22.8. The first-order valence-electron chi connectivity index (χ1n) is 8.91. The van der Waals surface area contributed by atoms with E-state index in [4.69, 9.17) is 14.2 Å². The van der Waals surface area contributed by atoms with Crippen LogP contribution in [0.4, 0.5) is 0 Å². The van der Waals surface area contributed by atoms with Gasteiger partial charge < -0.3 is 24.8 Å². The average Bonchev–Trinajstić information content (AvgIpc) is 2.66. The molecule has 7 nitrogen and oxygen atoms in total. The van der Waals surface area contributed by atoms with Crippen LogP contribution in [-0.2, 0) is 4.74 Å². The zero-order chi connectivity index (χ0) is 17.7. The number of nitrogens with zero attached hydrogens (tertiary/aromatic N) is 2. The summed E-state index contributed by atoms with van der Waals surface area (Å²) in [4.78, 5) is 6.99. The van der Waals surface area contributed by atoms with Gasteiger partial charge in [-0.1, -0.05) is 6.07 Å². The minimum Gasteiger partial charge on any atom is -0.497 e. The molecule has 0 amide bonds. The third-order valence-corrected chi connectivity index (χ3v) is 3.84. The highest BCUT2D eigenvalue weighted by Gasteiger charge is 2.09. The zero-order valence-electron chi connectivity index (χ0n) is 15.7. The van der Waals surface area contributed by atoms with Gasteiger partial charge in [-0.3, -0.25) is 9.89 Å². The summed E-state index contributed by atoms with van der Waals surface area (Å²) in [6.07, 6.45) is 0. The molecule has 1 aliphatic heterocycles. The summed E-state index contributed by atoms with van der Waals surface area (Å²) in [6.45, 7) is 9.50. The molecule has 0 saturated carbocycles. The predicted molar refractivity (Wildman–Crippen MR) is 115 cm³/mol. The van der Waals surface area contributed by atoms with Crippen LogP contribution in [0.3, 0.4) is 0 Å². The van der Waals surface area contributed by atoms with Gasteiger partial charge in [-0.2, -0.15) is 0 Å². The Bertz CT molecular complexity index is 525. The van der Waals surface area contributed by atoms with Crippen molar-refractivity contribution in [2.45, 2.75) is 6.92 Å². The number of guanidine groups is 1. The second-order valence-corrected chi connectivity index (χ2v) is 5.67. The number of benzene rings is 1. The Morgan fingerprint density at radius 1 is 1.23 bits per heavy atom. The van der Waals surface area contributed by atoms with Crippen molar-refractivity contribution in [1.29, 1.82) is 0 Å². The van der Waals surface area contributed by atoms with E-state index in [1.54, 1.807) is 7.11 Å². The van der Waals surface area contributed by atoms with E-state index >= 15 is 0 Å². The van der Waals surface area contributed by atoms with Crippen LogP contribution in [0, 0.1) is 0 Å². The van der Waals surface area contributed by atoms with Crippen LogP contribution in [0.25, 0.3) is 0 Å². The highest BCUT2D eigenvalue weighted by atomic mass is 127. The van der Waals surface area contributed by atoms with E-state index in [0.717, 1.165) is 63.4 Å². The Labute approximate surface area is 173 Å². The van der Waals surface area contributed by atoms with Crippen LogP contribution in [0.15, 0.2) is 29.3 Å². The number of nitrogens with one attached hydrogen (secondary N) is 2. The molecule has 1 aromatic carbocycles. The molecule has 1 aliphatic rings. The van der Waals surface area contributed by atoms with Crippen molar-refractivity contribution in [2.24, 2.45) is 4.99 Å². The average molecular weight is 478 g/mol.